The summed E-state index contributed by atoms with van der Waals surface area (Å²) in [5.41, 5.74) is 7.10. The number of primary amides is 1. The molecular formula is C24H23N3O6S. The standard InChI is InChI=1S/C24H23N3O6S/c25-23(28)17-4-1-3-16(13-17)9-10-26-24(29)18-5-2-6-19(14-18)27-34(30,31)20-7-8-21-22(15-20)33-12-11-32-21/h1-8,13-15,27H,9-12H2,(H2,25,28)(H,26,29). The van der Waals surface area contributed by atoms with Gasteiger partial charge in [0.15, 0.2) is 11.5 Å². The lowest BCUT2D eigenvalue weighted by Crippen LogP contribution is -2.26. The van der Waals surface area contributed by atoms with Gasteiger partial charge >= 0.3 is 0 Å². The van der Waals surface area contributed by atoms with Crippen LogP contribution in [0.2, 0.25) is 0 Å². The fourth-order valence-electron chi connectivity index (χ4n) is 3.43. The van der Waals surface area contributed by atoms with Crippen molar-refractivity contribution in [3.05, 3.63) is 83.4 Å². The van der Waals surface area contributed by atoms with E-state index in [1.807, 2.05) is 6.07 Å². The van der Waals surface area contributed by atoms with Gasteiger partial charge in [0, 0.05) is 29.4 Å². The van der Waals surface area contributed by atoms with Gasteiger partial charge in [-0.25, -0.2) is 8.42 Å². The highest BCUT2D eigenvalue weighted by Crippen LogP contribution is 2.32. The van der Waals surface area contributed by atoms with Gasteiger partial charge in [-0.15, -0.1) is 0 Å². The molecule has 0 aliphatic carbocycles. The van der Waals surface area contributed by atoms with Gasteiger partial charge in [-0.05, 0) is 54.4 Å². The Morgan fingerprint density at radius 1 is 0.882 bits per heavy atom. The van der Waals surface area contributed by atoms with Crippen LogP contribution in [0.15, 0.2) is 71.6 Å². The molecular weight excluding hydrogens is 458 g/mol. The summed E-state index contributed by atoms with van der Waals surface area (Å²) in [7, 11) is -3.91. The molecule has 34 heavy (non-hydrogen) atoms. The second-order valence-corrected chi connectivity index (χ2v) is 9.24. The Labute approximate surface area is 196 Å². The number of fused-ring (bicyclic) bond motifs is 1. The minimum atomic E-state index is -3.91. The second kappa shape index (κ2) is 9.84. The first kappa shape index (κ1) is 23.1. The highest BCUT2D eigenvalue weighted by molar-refractivity contribution is 7.92. The average Bonchev–Trinajstić information content (AvgIpc) is 2.83. The number of benzene rings is 3. The Balaban J connectivity index is 1.40. The van der Waals surface area contributed by atoms with Gasteiger partial charge in [0.05, 0.1) is 4.90 Å². The van der Waals surface area contributed by atoms with Crippen LogP contribution in [0.4, 0.5) is 5.69 Å². The van der Waals surface area contributed by atoms with E-state index in [2.05, 4.69) is 10.0 Å². The molecule has 3 aromatic carbocycles. The van der Waals surface area contributed by atoms with Crippen molar-refractivity contribution >= 4 is 27.5 Å². The van der Waals surface area contributed by atoms with Crippen molar-refractivity contribution in [1.29, 1.82) is 0 Å². The maximum Gasteiger partial charge on any atom is 0.262 e. The minimum absolute atomic E-state index is 0.0183. The molecule has 0 unspecified atom stereocenters. The molecule has 1 aliphatic rings. The molecule has 10 heteroatoms. The third-order valence-electron chi connectivity index (χ3n) is 5.11. The van der Waals surface area contributed by atoms with Crippen molar-refractivity contribution < 1.29 is 27.5 Å². The van der Waals surface area contributed by atoms with E-state index in [0.717, 1.165) is 5.56 Å². The van der Waals surface area contributed by atoms with Crippen LogP contribution in [0.1, 0.15) is 26.3 Å². The van der Waals surface area contributed by atoms with E-state index in [1.54, 1.807) is 42.5 Å². The largest absolute Gasteiger partial charge is 0.486 e. The smallest absolute Gasteiger partial charge is 0.262 e. The van der Waals surface area contributed by atoms with Gasteiger partial charge in [0.25, 0.3) is 15.9 Å². The van der Waals surface area contributed by atoms with E-state index in [-0.39, 0.29) is 16.5 Å². The molecule has 1 heterocycles. The van der Waals surface area contributed by atoms with E-state index in [1.165, 1.54) is 18.2 Å². The lowest BCUT2D eigenvalue weighted by Gasteiger charge is -2.19. The number of carbonyl (C=O) groups excluding carboxylic acids is 2. The molecule has 0 fully saturated rings. The normalized spacial score (nSPS) is 12.6. The fraction of sp³-hybridized carbons (Fsp3) is 0.167. The first-order chi connectivity index (χ1) is 16.3. The topological polar surface area (TPSA) is 137 Å². The zero-order valence-electron chi connectivity index (χ0n) is 18.1. The van der Waals surface area contributed by atoms with E-state index in [4.69, 9.17) is 15.2 Å². The lowest BCUT2D eigenvalue weighted by atomic mass is 10.1. The molecule has 0 bridgehead atoms. The quantitative estimate of drug-likeness (QED) is 0.452. The summed E-state index contributed by atoms with van der Waals surface area (Å²) in [6.07, 6.45) is 0.503. The highest BCUT2D eigenvalue weighted by atomic mass is 32.2. The van der Waals surface area contributed by atoms with E-state index in [9.17, 15) is 18.0 Å². The van der Waals surface area contributed by atoms with Gasteiger partial charge in [-0.1, -0.05) is 18.2 Å². The highest BCUT2D eigenvalue weighted by Gasteiger charge is 2.20. The predicted molar refractivity (Wildman–Crippen MR) is 126 cm³/mol. The van der Waals surface area contributed by atoms with Crippen LogP contribution in [0.25, 0.3) is 0 Å². The lowest BCUT2D eigenvalue weighted by molar-refractivity contribution is 0.0952. The van der Waals surface area contributed by atoms with Crippen LogP contribution in [-0.2, 0) is 16.4 Å². The number of amides is 2. The minimum Gasteiger partial charge on any atom is -0.486 e. The number of sulfonamides is 1. The van der Waals surface area contributed by atoms with Gasteiger partial charge in [-0.2, -0.15) is 0 Å². The zero-order chi connectivity index (χ0) is 24.1. The van der Waals surface area contributed by atoms with Crippen LogP contribution in [0.5, 0.6) is 11.5 Å². The van der Waals surface area contributed by atoms with Crippen LogP contribution >= 0.6 is 0 Å². The average molecular weight is 482 g/mol. The maximum absolute atomic E-state index is 12.8. The number of nitrogens with two attached hydrogens (primary N) is 1. The summed E-state index contributed by atoms with van der Waals surface area (Å²) < 4.78 is 39.0. The van der Waals surface area contributed by atoms with Crippen molar-refractivity contribution in [2.45, 2.75) is 11.3 Å². The van der Waals surface area contributed by atoms with Gasteiger partial charge < -0.3 is 20.5 Å². The Bertz CT molecular complexity index is 1340. The molecule has 176 valence electrons. The Hall–Kier alpha value is -4.05. The number of anilines is 1. The van der Waals surface area contributed by atoms with Gasteiger partial charge in [0.2, 0.25) is 5.91 Å². The second-order valence-electron chi connectivity index (χ2n) is 7.56. The molecule has 4 N–H and O–H groups in total. The van der Waals surface area contributed by atoms with E-state index >= 15 is 0 Å². The summed E-state index contributed by atoms with van der Waals surface area (Å²) in [5, 5.41) is 2.79. The Morgan fingerprint density at radius 2 is 1.62 bits per heavy atom. The SMILES string of the molecule is NC(=O)c1cccc(CCNC(=O)c2cccc(NS(=O)(=O)c3ccc4c(c3)OCCO4)c2)c1. The summed E-state index contributed by atoms with van der Waals surface area (Å²) in [5.74, 6) is -0.0123. The predicted octanol–water partition coefficient (Wildman–Crippen LogP) is 2.33. The number of nitrogens with one attached hydrogen (secondary N) is 2. The van der Waals surface area contributed by atoms with Gasteiger partial charge in [-0.3, -0.25) is 14.3 Å². The summed E-state index contributed by atoms with van der Waals surface area (Å²) >= 11 is 0. The molecule has 0 spiro atoms. The molecule has 2 amide bonds. The van der Waals surface area contributed by atoms with Crippen LogP contribution in [-0.4, -0.2) is 40.0 Å². The molecule has 0 atom stereocenters. The van der Waals surface area contributed by atoms with Crippen molar-refractivity contribution in [2.75, 3.05) is 24.5 Å². The number of carbonyl (C=O) groups is 2. The Morgan fingerprint density at radius 3 is 2.41 bits per heavy atom. The molecule has 0 saturated carbocycles. The summed E-state index contributed by atoms with van der Waals surface area (Å²) in [4.78, 5) is 23.9. The number of ether oxygens (including phenoxy) is 2. The van der Waals surface area contributed by atoms with Gasteiger partial charge in [0.1, 0.15) is 13.2 Å². The first-order valence-electron chi connectivity index (χ1n) is 10.5. The maximum atomic E-state index is 12.8. The fourth-order valence-corrected chi connectivity index (χ4v) is 4.50. The van der Waals surface area contributed by atoms with E-state index in [0.29, 0.717) is 48.8 Å². The Kier molecular flexibility index (Phi) is 6.69. The zero-order valence-corrected chi connectivity index (χ0v) is 18.9. The van der Waals surface area contributed by atoms with Crippen LogP contribution < -0.4 is 25.2 Å². The monoisotopic (exact) mass is 481 g/mol. The molecule has 1 aliphatic heterocycles. The van der Waals surface area contributed by atoms with E-state index < -0.39 is 15.9 Å². The van der Waals surface area contributed by atoms with Crippen LogP contribution in [0.3, 0.4) is 0 Å². The van der Waals surface area contributed by atoms with Crippen molar-refractivity contribution in [3.8, 4) is 11.5 Å². The third kappa shape index (κ3) is 5.46. The molecule has 0 aromatic heterocycles. The number of rotatable bonds is 8. The van der Waals surface area contributed by atoms with Crippen molar-refractivity contribution in [3.63, 3.8) is 0 Å². The molecule has 0 radical (unpaired) electrons. The third-order valence-corrected chi connectivity index (χ3v) is 6.49. The molecule has 4 rings (SSSR count). The number of hydrogen-bond acceptors (Lipinski definition) is 6. The van der Waals surface area contributed by atoms with Crippen molar-refractivity contribution in [2.24, 2.45) is 5.73 Å². The summed E-state index contributed by atoms with van der Waals surface area (Å²) in [6, 6.07) is 17.5. The molecule has 0 saturated heterocycles. The summed E-state index contributed by atoms with van der Waals surface area (Å²) in [6.45, 7) is 1.08. The van der Waals surface area contributed by atoms with Crippen molar-refractivity contribution in [1.82, 2.24) is 5.32 Å². The number of hydrogen-bond donors (Lipinski definition) is 3. The first-order valence-corrected chi connectivity index (χ1v) is 12.0. The van der Waals surface area contributed by atoms with Crippen LogP contribution in [0, 0.1) is 0 Å². The molecule has 9 nitrogen and oxygen atoms in total. The molecule has 3 aromatic rings.